The minimum atomic E-state index is -0.121. The van der Waals surface area contributed by atoms with Gasteiger partial charge < -0.3 is 10.5 Å². The summed E-state index contributed by atoms with van der Waals surface area (Å²) in [5.74, 6) is 0.571. The molecule has 3 aromatic rings. The van der Waals surface area contributed by atoms with Crippen molar-refractivity contribution >= 4 is 17.3 Å². The van der Waals surface area contributed by atoms with Gasteiger partial charge >= 0.3 is 0 Å². The van der Waals surface area contributed by atoms with Gasteiger partial charge in [-0.3, -0.25) is 9.69 Å². The molecule has 0 bridgehead atoms. The Balaban J connectivity index is 1.66. The van der Waals surface area contributed by atoms with E-state index in [0.717, 1.165) is 37.2 Å². The Labute approximate surface area is 166 Å². The lowest BCUT2D eigenvalue weighted by molar-refractivity contribution is -0.119. The van der Waals surface area contributed by atoms with Crippen molar-refractivity contribution in [3.8, 4) is 5.75 Å². The Morgan fingerprint density at radius 1 is 0.786 bits per heavy atom. The van der Waals surface area contributed by atoms with E-state index < -0.39 is 0 Å². The number of aryl methyl sites for hydroxylation is 1. The molecule has 144 valence electrons. The minimum absolute atomic E-state index is 0.0314. The highest BCUT2D eigenvalue weighted by Crippen LogP contribution is 2.25. The van der Waals surface area contributed by atoms with Crippen molar-refractivity contribution in [3.63, 3.8) is 0 Å². The molecule has 0 saturated carbocycles. The quantitative estimate of drug-likeness (QED) is 0.552. The predicted octanol–water partition coefficient (Wildman–Crippen LogP) is 4.71. The second-order valence-electron chi connectivity index (χ2n) is 6.58. The Bertz CT molecular complexity index is 809. The molecule has 0 aromatic heterocycles. The van der Waals surface area contributed by atoms with Gasteiger partial charge in [0.15, 0.2) is 6.61 Å². The average Bonchev–Trinajstić information content (AvgIpc) is 2.75. The molecule has 0 aliphatic rings. The number of hydrogen-bond donors (Lipinski definition) is 1. The Kier molecular flexibility index (Phi) is 7.21. The molecule has 0 aliphatic carbocycles. The smallest absolute Gasteiger partial charge is 0.269 e. The highest BCUT2D eigenvalue weighted by molar-refractivity contribution is 6.01. The molecule has 0 fully saturated rings. The van der Waals surface area contributed by atoms with E-state index in [1.54, 1.807) is 4.90 Å². The molecular formula is C24H26N2O2. The van der Waals surface area contributed by atoms with E-state index in [4.69, 9.17) is 10.5 Å². The molecule has 0 atom stereocenters. The molecular weight excluding hydrogens is 348 g/mol. The number of para-hydroxylation sites is 2. The maximum atomic E-state index is 12.9. The number of anilines is 2. The van der Waals surface area contributed by atoms with Gasteiger partial charge in [-0.05, 0) is 67.8 Å². The van der Waals surface area contributed by atoms with Gasteiger partial charge in [-0.25, -0.2) is 0 Å². The van der Waals surface area contributed by atoms with Crippen molar-refractivity contribution in [2.45, 2.75) is 19.3 Å². The van der Waals surface area contributed by atoms with E-state index in [-0.39, 0.29) is 12.5 Å². The van der Waals surface area contributed by atoms with Crippen LogP contribution in [0.2, 0.25) is 0 Å². The van der Waals surface area contributed by atoms with Gasteiger partial charge in [-0.1, -0.05) is 48.5 Å². The zero-order valence-corrected chi connectivity index (χ0v) is 16.0. The first-order valence-electron chi connectivity index (χ1n) is 9.63. The van der Waals surface area contributed by atoms with Crippen LogP contribution in [-0.2, 0) is 11.2 Å². The number of benzene rings is 3. The maximum Gasteiger partial charge on any atom is 0.269 e. The summed E-state index contributed by atoms with van der Waals surface area (Å²) in [7, 11) is 0. The molecule has 2 N–H and O–H groups in total. The molecule has 0 aliphatic heterocycles. The molecule has 0 spiro atoms. The number of rotatable bonds is 9. The first-order valence-corrected chi connectivity index (χ1v) is 9.63. The highest BCUT2D eigenvalue weighted by Gasteiger charge is 2.18. The molecule has 3 rings (SSSR count). The summed E-state index contributed by atoms with van der Waals surface area (Å²) in [4.78, 5) is 14.6. The second kappa shape index (κ2) is 10.3. The number of carbonyl (C=O) groups is 1. The van der Waals surface area contributed by atoms with Gasteiger partial charge in [0.1, 0.15) is 5.75 Å². The fourth-order valence-corrected chi connectivity index (χ4v) is 3.03. The van der Waals surface area contributed by atoms with E-state index in [1.807, 2.05) is 84.9 Å². The number of hydrogen-bond acceptors (Lipinski definition) is 3. The SMILES string of the molecule is NCCCCc1ccc(OCC(=O)N(c2ccccc2)c2ccccc2)cc1. The molecule has 0 heterocycles. The van der Waals surface area contributed by atoms with Crippen LogP contribution in [0.15, 0.2) is 84.9 Å². The van der Waals surface area contributed by atoms with Gasteiger partial charge in [-0.2, -0.15) is 0 Å². The van der Waals surface area contributed by atoms with E-state index in [2.05, 4.69) is 0 Å². The van der Waals surface area contributed by atoms with Crippen LogP contribution in [0.5, 0.6) is 5.75 Å². The van der Waals surface area contributed by atoms with E-state index in [0.29, 0.717) is 5.75 Å². The largest absolute Gasteiger partial charge is 0.484 e. The van der Waals surface area contributed by atoms with Gasteiger partial charge in [-0.15, -0.1) is 0 Å². The maximum absolute atomic E-state index is 12.9. The monoisotopic (exact) mass is 374 g/mol. The molecule has 0 radical (unpaired) electrons. The van der Waals surface area contributed by atoms with Crippen LogP contribution in [0.25, 0.3) is 0 Å². The first kappa shape index (κ1) is 19.6. The average molecular weight is 374 g/mol. The van der Waals surface area contributed by atoms with Gasteiger partial charge in [0.2, 0.25) is 0 Å². The second-order valence-corrected chi connectivity index (χ2v) is 6.58. The third kappa shape index (κ3) is 5.44. The van der Waals surface area contributed by atoms with Crippen molar-refractivity contribution in [2.75, 3.05) is 18.1 Å². The summed E-state index contributed by atoms with van der Waals surface area (Å²) >= 11 is 0. The Hall–Kier alpha value is -3.11. The van der Waals surface area contributed by atoms with Gasteiger partial charge in [0.25, 0.3) is 5.91 Å². The van der Waals surface area contributed by atoms with Crippen LogP contribution in [0.1, 0.15) is 18.4 Å². The topological polar surface area (TPSA) is 55.6 Å². The van der Waals surface area contributed by atoms with E-state index >= 15 is 0 Å². The van der Waals surface area contributed by atoms with Crippen molar-refractivity contribution in [1.82, 2.24) is 0 Å². The number of ether oxygens (including phenoxy) is 1. The number of nitrogens with two attached hydrogens (primary N) is 1. The third-order valence-electron chi connectivity index (χ3n) is 4.48. The Morgan fingerprint density at radius 2 is 1.36 bits per heavy atom. The standard InChI is InChI=1S/C24H26N2O2/c25-18-8-7-9-20-14-16-23(17-15-20)28-19-24(27)26(21-10-3-1-4-11-21)22-12-5-2-6-13-22/h1-6,10-17H,7-9,18-19,25H2. The highest BCUT2D eigenvalue weighted by atomic mass is 16.5. The van der Waals surface area contributed by atoms with Gasteiger partial charge in [0.05, 0.1) is 0 Å². The number of carbonyl (C=O) groups excluding carboxylic acids is 1. The van der Waals surface area contributed by atoms with Crippen LogP contribution in [0.4, 0.5) is 11.4 Å². The lowest BCUT2D eigenvalue weighted by atomic mass is 10.1. The normalized spacial score (nSPS) is 10.5. The molecule has 0 unspecified atom stereocenters. The number of amides is 1. The lowest BCUT2D eigenvalue weighted by Gasteiger charge is -2.23. The lowest BCUT2D eigenvalue weighted by Crippen LogP contribution is -2.30. The van der Waals surface area contributed by atoms with Crippen molar-refractivity contribution in [2.24, 2.45) is 5.73 Å². The van der Waals surface area contributed by atoms with E-state index in [9.17, 15) is 4.79 Å². The molecule has 28 heavy (non-hydrogen) atoms. The van der Waals surface area contributed by atoms with Crippen molar-refractivity contribution in [1.29, 1.82) is 0 Å². The fraction of sp³-hybridized carbons (Fsp3) is 0.208. The van der Waals surface area contributed by atoms with Crippen LogP contribution in [0.3, 0.4) is 0 Å². The summed E-state index contributed by atoms with van der Waals surface area (Å²) < 4.78 is 5.76. The number of unbranched alkanes of at least 4 members (excludes halogenated alkanes) is 1. The summed E-state index contributed by atoms with van der Waals surface area (Å²) in [5, 5.41) is 0. The first-order chi connectivity index (χ1) is 13.8. The fourth-order valence-electron chi connectivity index (χ4n) is 3.03. The molecule has 4 nitrogen and oxygen atoms in total. The molecule has 3 aromatic carbocycles. The summed E-state index contributed by atoms with van der Waals surface area (Å²) in [5.41, 5.74) is 8.42. The molecule has 1 amide bonds. The van der Waals surface area contributed by atoms with Crippen molar-refractivity contribution in [3.05, 3.63) is 90.5 Å². The third-order valence-corrected chi connectivity index (χ3v) is 4.48. The summed E-state index contributed by atoms with van der Waals surface area (Å²) in [6.45, 7) is 0.693. The van der Waals surface area contributed by atoms with Crippen LogP contribution in [-0.4, -0.2) is 19.1 Å². The van der Waals surface area contributed by atoms with E-state index in [1.165, 1.54) is 5.56 Å². The zero-order valence-electron chi connectivity index (χ0n) is 16.0. The van der Waals surface area contributed by atoms with Crippen molar-refractivity contribution < 1.29 is 9.53 Å². The zero-order chi connectivity index (χ0) is 19.6. The minimum Gasteiger partial charge on any atom is -0.484 e. The summed E-state index contributed by atoms with van der Waals surface area (Å²) in [6, 6.07) is 27.1. The van der Waals surface area contributed by atoms with Crippen LogP contribution in [0, 0.1) is 0 Å². The Morgan fingerprint density at radius 3 is 1.89 bits per heavy atom. The van der Waals surface area contributed by atoms with Crippen LogP contribution >= 0.6 is 0 Å². The molecule has 4 heteroatoms. The predicted molar refractivity (Wildman–Crippen MR) is 114 cm³/mol. The van der Waals surface area contributed by atoms with Gasteiger partial charge in [0, 0.05) is 11.4 Å². The molecule has 0 saturated heterocycles. The number of nitrogens with zero attached hydrogens (tertiary/aromatic N) is 1. The van der Waals surface area contributed by atoms with Crippen LogP contribution < -0.4 is 15.4 Å². The summed E-state index contributed by atoms with van der Waals surface area (Å²) in [6.07, 6.45) is 3.12.